The van der Waals surface area contributed by atoms with E-state index in [-0.39, 0.29) is 29.8 Å². The highest BCUT2D eigenvalue weighted by Gasteiger charge is 2.41. The van der Waals surface area contributed by atoms with Crippen LogP contribution >= 0.6 is 0 Å². The maximum atomic E-state index is 12.7. The predicted octanol–water partition coefficient (Wildman–Crippen LogP) is 4.27. The van der Waals surface area contributed by atoms with Crippen LogP contribution < -0.4 is 16.5 Å². The molecule has 0 aromatic heterocycles. The van der Waals surface area contributed by atoms with Crippen LogP contribution in [0, 0.1) is 11.8 Å². The zero-order chi connectivity index (χ0) is 21.8. The van der Waals surface area contributed by atoms with Gasteiger partial charge < -0.3 is 9.57 Å². The van der Waals surface area contributed by atoms with E-state index in [1.807, 2.05) is 36.4 Å². The second kappa shape index (κ2) is 13.5. The van der Waals surface area contributed by atoms with Gasteiger partial charge in [0.2, 0.25) is 0 Å². The van der Waals surface area contributed by atoms with Gasteiger partial charge in [0.15, 0.2) is 0 Å². The summed E-state index contributed by atoms with van der Waals surface area (Å²) in [5, 5.41) is 0. The number of unbranched alkanes of at least 4 members (excludes halogenated alkanes) is 3. The van der Waals surface area contributed by atoms with Gasteiger partial charge >= 0.3 is 0 Å². The molecular formula is C24H38N2O4. The Labute approximate surface area is 180 Å². The molecule has 1 aliphatic carbocycles. The Bertz CT molecular complexity index is 664. The van der Waals surface area contributed by atoms with Crippen molar-refractivity contribution in [3.8, 4) is 5.75 Å². The molecule has 1 saturated carbocycles. The maximum Gasteiger partial charge on any atom is 0.139 e. The molecule has 0 heterocycles. The molecule has 0 amide bonds. The summed E-state index contributed by atoms with van der Waals surface area (Å²) in [6, 6.07) is 7.99. The van der Waals surface area contributed by atoms with Gasteiger partial charge in [-0.25, -0.2) is 11.8 Å². The summed E-state index contributed by atoms with van der Waals surface area (Å²) in [6.07, 6.45) is 10.8. The first-order chi connectivity index (χ1) is 14.6. The number of ketones is 1. The highest BCUT2D eigenvalue weighted by molar-refractivity contribution is 5.85. The van der Waals surface area contributed by atoms with Crippen molar-refractivity contribution in [2.45, 2.75) is 77.4 Å². The quantitative estimate of drug-likeness (QED) is 0.266. The molecule has 168 valence electrons. The molecule has 6 nitrogen and oxygen atoms in total. The second-order valence-corrected chi connectivity index (χ2v) is 8.14. The molecule has 1 aromatic rings. The van der Waals surface area contributed by atoms with Crippen LogP contribution in [0.1, 0.15) is 64.4 Å². The molecule has 2 rings (SSSR count). The Morgan fingerprint density at radius 1 is 1.17 bits per heavy atom. The van der Waals surface area contributed by atoms with Crippen LogP contribution in [0.2, 0.25) is 0 Å². The first-order valence-corrected chi connectivity index (χ1v) is 11.3. The summed E-state index contributed by atoms with van der Waals surface area (Å²) in [4.78, 5) is 23.0. The number of benzene rings is 1. The van der Waals surface area contributed by atoms with Crippen molar-refractivity contribution in [3.05, 3.63) is 42.0 Å². The fourth-order valence-electron chi connectivity index (χ4n) is 4.01. The minimum absolute atomic E-state index is 0.101. The van der Waals surface area contributed by atoms with Crippen LogP contribution in [0.25, 0.3) is 0 Å². The minimum atomic E-state index is -0.322. The average Bonchev–Trinajstić information content (AvgIpc) is 3.05. The van der Waals surface area contributed by atoms with Crippen molar-refractivity contribution < 1.29 is 19.2 Å². The van der Waals surface area contributed by atoms with Crippen molar-refractivity contribution in [3.63, 3.8) is 0 Å². The number of hydrogen-bond donors (Lipinski definition) is 2. The van der Waals surface area contributed by atoms with E-state index in [4.69, 9.17) is 26.2 Å². The van der Waals surface area contributed by atoms with E-state index in [2.05, 4.69) is 13.8 Å². The van der Waals surface area contributed by atoms with Crippen molar-refractivity contribution >= 4 is 5.78 Å². The Morgan fingerprint density at radius 2 is 1.97 bits per heavy atom. The summed E-state index contributed by atoms with van der Waals surface area (Å²) < 4.78 is 5.81. The van der Waals surface area contributed by atoms with Crippen LogP contribution in [0.4, 0.5) is 0 Å². The fraction of sp³-hybridized carbons (Fsp3) is 0.625. The molecule has 0 radical (unpaired) electrons. The monoisotopic (exact) mass is 418 g/mol. The second-order valence-electron chi connectivity index (χ2n) is 8.14. The lowest BCUT2D eigenvalue weighted by Gasteiger charge is -2.20. The molecule has 4 N–H and O–H groups in total. The maximum absolute atomic E-state index is 12.7. The Hall–Kier alpha value is -1.73. The molecule has 0 aliphatic heterocycles. The zero-order valence-corrected chi connectivity index (χ0v) is 18.4. The number of ether oxygens (including phenoxy) is 1. The number of hydrogen-bond acceptors (Lipinski definition) is 6. The van der Waals surface area contributed by atoms with E-state index in [1.165, 1.54) is 0 Å². The molecule has 0 unspecified atom stereocenters. The Balaban J connectivity index is 2.07. The van der Waals surface area contributed by atoms with Gasteiger partial charge in [-0.15, -0.1) is 0 Å². The fourth-order valence-corrected chi connectivity index (χ4v) is 4.01. The van der Waals surface area contributed by atoms with Gasteiger partial charge in [0, 0.05) is 18.3 Å². The molecule has 0 bridgehead atoms. The molecular weight excluding hydrogens is 380 g/mol. The van der Waals surface area contributed by atoms with Gasteiger partial charge in [0.05, 0.1) is 18.8 Å². The SMILES string of the molecule is CCCCC[C@@H](/C=C/[C@H]1[C@H](ON)CC(=O)[C@@H]1Cc1cccc(OCCCC)c1)ON. The number of carbonyl (C=O) groups excluding carboxylic acids is 1. The highest BCUT2D eigenvalue weighted by atomic mass is 16.6. The van der Waals surface area contributed by atoms with E-state index < -0.39 is 0 Å². The lowest BCUT2D eigenvalue weighted by atomic mass is 9.87. The van der Waals surface area contributed by atoms with Crippen molar-refractivity contribution in [1.82, 2.24) is 0 Å². The number of rotatable bonds is 14. The van der Waals surface area contributed by atoms with Gasteiger partial charge in [-0.2, -0.15) is 0 Å². The van der Waals surface area contributed by atoms with Crippen molar-refractivity contribution in [1.29, 1.82) is 0 Å². The van der Waals surface area contributed by atoms with Crippen LogP contribution in [-0.4, -0.2) is 24.6 Å². The Morgan fingerprint density at radius 3 is 2.67 bits per heavy atom. The zero-order valence-electron chi connectivity index (χ0n) is 18.4. The van der Waals surface area contributed by atoms with Crippen molar-refractivity contribution in [2.24, 2.45) is 23.6 Å². The number of carbonyl (C=O) groups is 1. The molecule has 30 heavy (non-hydrogen) atoms. The Kier molecular flexibility index (Phi) is 11.1. The molecule has 4 atom stereocenters. The first kappa shape index (κ1) is 24.5. The standard InChI is InChI=1S/C24H38N2O4/c1-3-5-7-10-19(29-25)12-13-21-22(23(27)17-24(21)30-26)16-18-9-8-11-20(15-18)28-14-6-4-2/h8-9,11-13,15,19,21-22,24H,3-7,10,14,16-17,25-26H2,1-2H3/b13-12+/t19-,21+,22+,24+/m0/s1. The summed E-state index contributed by atoms with van der Waals surface area (Å²) in [7, 11) is 0. The van der Waals surface area contributed by atoms with Crippen LogP contribution in [0.5, 0.6) is 5.75 Å². The van der Waals surface area contributed by atoms with E-state index in [9.17, 15) is 4.79 Å². The predicted molar refractivity (Wildman–Crippen MR) is 119 cm³/mol. The van der Waals surface area contributed by atoms with Gasteiger partial charge in [-0.1, -0.05) is 63.8 Å². The summed E-state index contributed by atoms with van der Waals surface area (Å²) >= 11 is 0. The number of Topliss-reactive ketones (excluding diaryl/α,β-unsaturated/α-hetero) is 1. The third kappa shape index (κ3) is 7.51. The smallest absolute Gasteiger partial charge is 0.139 e. The van der Waals surface area contributed by atoms with E-state index in [1.54, 1.807) is 0 Å². The summed E-state index contributed by atoms with van der Waals surface area (Å²) in [6.45, 7) is 5.00. The lowest BCUT2D eigenvalue weighted by molar-refractivity contribution is -0.121. The van der Waals surface area contributed by atoms with Crippen LogP contribution in [-0.2, 0) is 20.9 Å². The molecule has 6 heteroatoms. The third-order valence-electron chi connectivity index (χ3n) is 5.82. The van der Waals surface area contributed by atoms with Gasteiger partial charge in [0.1, 0.15) is 11.5 Å². The van der Waals surface area contributed by atoms with Crippen LogP contribution in [0.3, 0.4) is 0 Å². The normalized spacial score (nSPS) is 22.7. The molecule has 0 saturated heterocycles. The minimum Gasteiger partial charge on any atom is -0.494 e. The van der Waals surface area contributed by atoms with Gasteiger partial charge in [-0.05, 0) is 37.0 Å². The largest absolute Gasteiger partial charge is 0.494 e. The van der Waals surface area contributed by atoms with Crippen LogP contribution in [0.15, 0.2) is 36.4 Å². The highest BCUT2D eigenvalue weighted by Crippen LogP contribution is 2.35. The summed E-state index contributed by atoms with van der Waals surface area (Å²) in [5.41, 5.74) is 1.08. The van der Waals surface area contributed by atoms with Crippen molar-refractivity contribution in [2.75, 3.05) is 6.61 Å². The summed E-state index contributed by atoms with van der Waals surface area (Å²) in [5.74, 6) is 11.7. The van der Waals surface area contributed by atoms with E-state index in [0.717, 1.165) is 49.8 Å². The van der Waals surface area contributed by atoms with E-state index in [0.29, 0.717) is 19.4 Å². The lowest BCUT2D eigenvalue weighted by Crippen LogP contribution is -2.26. The average molecular weight is 419 g/mol. The number of nitrogens with two attached hydrogens (primary N) is 2. The topological polar surface area (TPSA) is 96.8 Å². The first-order valence-electron chi connectivity index (χ1n) is 11.3. The van der Waals surface area contributed by atoms with Gasteiger partial charge in [0.25, 0.3) is 0 Å². The van der Waals surface area contributed by atoms with E-state index >= 15 is 0 Å². The molecule has 1 aromatic carbocycles. The molecule has 1 fully saturated rings. The third-order valence-corrected chi connectivity index (χ3v) is 5.82. The molecule has 0 spiro atoms. The molecule has 1 aliphatic rings. The van der Waals surface area contributed by atoms with Gasteiger partial charge in [-0.3, -0.25) is 9.63 Å².